The van der Waals surface area contributed by atoms with Gasteiger partial charge in [-0.1, -0.05) is 12.1 Å². The maximum absolute atomic E-state index is 12.1. The molecule has 0 atom stereocenters. The number of nitrogens with one attached hydrogen (secondary N) is 1. The first-order valence-electron chi connectivity index (χ1n) is 5.28. The van der Waals surface area contributed by atoms with Crippen molar-refractivity contribution in [1.82, 2.24) is 4.98 Å². The van der Waals surface area contributed by atoms with Gasteiger partial charge in [0, 0.05) is 5.38 Å². The number of hydrogen-bond donors (Lipinski definition) is 2. The molecule has 0 aliphatic rings. The summed E-state index contributed by atoms with van der Waals surface area (Å²) in [4.78, 5) is 3.91. The van der Waals surface area contributed by atoms with Gasteiger partial charge in [0.1, 0.15) is 11.6 Å². The van der Waals surface area contributed by atoms with Crippen molar-refractivity contribution in [3.8, 4) is 5.75 Å². The van der Waals surface area contributed by atoms with Gasteiger partial charge in [-0.25, -0.2) is 4.98 Å². The van der Waals surface area contributed by atoms with E-state index < -0.39 is 6.36 Å². The van der Waals surface area contributed by atoms with E-state index in [1.807, 2.05) is 0 Å². The molecule has 5 nitrogen and oxygen atoms in total. The van der Waals surface area contributed by atoms with Gasteiger partial charge in [-0.2, -0.15) is 5.10 Å². The summed E-state index contributed by atoms with van der Waals surface area (Å²) >= 11 is 1.26. The molecule has 0 amide bonds. The monoisotopic (exact) mass is 302 g/mol. The van der Waals surface area contributed by atoms with Gasteiger partial charge >= 0.3 is 6.36 Å². The standard InChI is InChI=1S/C11H9F3N4OS/c12-11(13,14)19-8-3-1-2-7(4-8)5-16-18-10-17-9(15)6-20-10/h1-6H,15H2,(H,17,18). The first-order chi connectivity index (χ1) is 9.42. The van der Waals surface area contributed by atoms with Crippen LogP contribution in [0, 0.1) is 0 Å². The van der Waals surface area contributed by atoms with Crippen molar-refractivity contribution in [3.63, 3.8) is 0 Å². The number of nitrogen functional groups attached to an aromatic ring is 1. The molecule has 2 rings (SSSR count). The van der Waals surface area contributed by atoms with Crippen LogP contribution in [0.4, 0.5) is 24.1 Å². The molecule has 3 N–H and O–H groups in total. The third kappa shape index (κ3) is 4.43. The van der Waals surface area contributed by atoms with Gasteiger partial charge in [-0.3, -0.25) is 5.43 Å². The molecule has 20 heavy (non-hydrogen) atoms. The average molecular weight is 302 g/mol. The molecule has 1 heterocycles. The number of anilines is 2. The van der Waals surface area contributed by atoms with Gasteiger partial charge in [0.15, 0.2) is 0 Å². The van der Waals surface area contributed by atoms with Crippen LogP contribution in [0.25, 0.3) is 0 Å². The Morgan fingerprint density at radius 3 is 2.85 bits per heavy atom. The van der Waals surface area contributed by atoms with Crippen LogP contribution in [-0.4, -0.2) is 17.6 Å². The van der Waals surface area contributed by atoms with Gasteiger partial charge in [-0.05, 0) is 17.7 Å². The Morgan fingerprint density at radius 2 is 2.20 bits per heavy atom. The minimum atomic E-state index is -4.72. The molecule has 0 aliphatic carbocycles. The Labute approximate surface area is 115 Å². The Morgan fingerprint density at radius 1 is 1.40 bits per heavy atom. The van der Waals surface area contributed by atoms with Crippen LogP contribution in [0.3, 0.4) is 0 Å². The summed E-state index contributed by atoms with van der Waals surface area (Å²) < 4.78 is 40.0. The third-order valence-electron chi connectivity index (χ3n) is 1.99. The molecule has 0 bridgehead atoms. The fraction of sp³-hybridized carbons (Fsp3) is 0.0909. The number of alkyl halides is 3. The highest BCUT2D eigenvalue weighted by molar-refractivity contribution is 7.14. The van der Waals surface area contributed by atoms with Crippen molar-refractivity contribution >= 4 is 28.5 Å². The molecule has 0 radical (unpaired) electrons. The van der Waals surface area contributed by atoms with Crippen LogP contribution in [0.15, 0.2) is 34.7 Å². The molecule has 0 unspecified atom stereocenters. The van der Waals surface area contributed by atoms with Crippen molar-refractivity contribution in [2.75, 3.05) is 11.2 Å². The lowest BCUT2D eigenvalue weighted by atomic mass is 10.2. The summed E-state index contributed by atoms with van der Waals surface area (Å²) in [5.41, 5.74) is 8.49. The van der Waals surface area contributed by atoms with Gasteiger partial charge in [0.2, 0.25) is 5.13 Å². The maximum atomic E-state index is 12.1. The van der Waals surface area contributed by atoms with E-state index in [1.54, 1.807) is 11.4 Å². The van der Waals surface area contributed by atoms with Crippen molar-refractivity contribution in [3.05, 3.63) is 35.2 Å². The fourth-order valence-corrected chi connectivity index (χ4v) is 1.84. The minimum absolute atomic E-state index is 0.306. The zero-order chi connectivity index (χ0) is 14.6. The molecule has 1 aromatic carbocycles. The predicted molar refractivity (Wildman–Crippen MR) is 70.9 cm³/mol. The lowest BCUT2D eigenvalue weighted by molar-refractivity contribution is -0.274. The summed E-state index contributed by atoms with van der Waals surface area (Å²) in [5.74, 6) is 0.0632. The number of nitrogens with zero attached hydrogens (tertiary/aromatic N) is 2. The summed E-state index contributed by atoms with van der Waals surface area (Å²) in [6.45, 7) is 0. The van der Waals surface area contributed by atoms with Crippen molar-refractivity contribution in [1.29, 1.82) is 0 Å². The van der Waals surface area contributed by atoms with Gasteiger partial charge in [0.05, 0.1) is 6.21 Å². The Bertz CT molecular complexity index is 612. The smallest absolute Gasteiger partial charge is 0.406 e. The lowest BCUT2D eigenvalue weighted by Crippen LogP contribution is -2.17. The number of rotatable bonds is 4. The molecule has 106 valence electrons. The zero-order valence-electron chi connectivity index (χ0n) is 9.89. The zero-order valence-corrected chi connectivity index (χ0v) is 10.7. The Balaban J connectivity index is 2.00. The second kappa shape index (κ2) is 5.78. The second-order valence-corrected chi connectivity index (χ2v) is 4.43. The highest BCUT2D eigenvalue weighted by Gasteiger charge is 2.30. The van der Waals surface area contributed by atoms with Crippen molar-refractivity contribution in [2.45, 2.75) is 6.36 Å². The third-order valence-corrected chi connectivity index (χ3v) is 2.75. The second-order valence-electron chi connectivity index (χ2n) is 3.57. The maximum Gasteiger partial charge on any atom is 0.573 e. The number of aromatic nitrogens is 1. The van der Waals surface area contributed by atoms with E-state index in [1.165, 1.54) is 35.8 Å². The first-order valence-corrected chi connectivity index (χ1v) is 6.16. The largest absolute Gasteiger partial charge is 0.573 e. The molecular formula is C11H9F3N4OS. The van der Waals surface area contributed by atoms with Crippen molar-refractivity contribution < 1.29 is 17.9 Å². The van der Waals surface area contributed by atoms with Gasteiger partial charge < -0.3 is 10.5 Å². The van der Waals surface area contributed by atoms with Crippen molar-refractivity contribution in [2.24, 2.45) is 5.10 Å². The molecule has 0 aliphatic heterocycles. The first kappa shape index (κ1) is 14.1. The molecule has 0 saturated heterocycles. The van der Waals surface area contributed by atoms with Gasteiger partial charge in [-0.15, -0.1) is 24.5 Å². The van der Waals surface area contributed by atoms with Crippen LogP contribution in [0.1, 0.15) is 5.56 Å². The number of hydrazone groups is 1. The number of hydrogen-bond acceptors (Lipinski definition) is 6. The molecule has 0 fully saturated rings. The Hall–Kier alpha value is -2.29. The summed E-state index contributed by atoms with van der Waals surface area (Å²) in [5, 5.41) is 5.97. The van der Waals surface area contributed by atoms with Crippen LogP contribution in [0.5, 0.6) is 5.75 Å². The predicted octanol–water partition coefficient (Wildman–Crippen LogP) is 3.07. The summed E-state index contributed by atoms with van der Waals surface area (Å²) in [7, 11) is 0. The average Bonchev–Trinajstić information content (AvgIpc) is 2.73. The van der Waals surface area contributed by atoms with Crippen LogP contribution < -0.4 is 15.9 Å². The van der Waals surface area contributed by atoms with Crippen LogP contribution in [-0.2, 0) is 0 Å². The van der Waals surface area contributed by atoms with E-state index in [9.17, 15) is 13.2 Å². The van der Waals surface area contributed by atoms with E-state index in [0.29, 0.717) is 16.5 Å². The van der Waals surface area contributed by atoms with E-state index in [2.05, 4.69) is 20.2 Å². The number of benzene rings is 1. The minimum Gasteiger partial charge on any atom is -0.406 e. The molecule has 0 spiro atoms. The van der Waals surface area contributed by atoms with E-state index in [-0.39, 0.29) is 5.75 Å². The highest BCUT2D eigenvalue weighted by Crippen LogP contribution is 2.23. The molecule has 0 saturated carbocycles. The molecular weight excluding hydrogens is 293 g/mol. The molecule has 9 heteroatoms. The van der Waals surface area contributed by atoms with E-state index in [4.69, 9.17) is 5.73 Å². The SMILES string of the molecule is Nc1csc(NN=Cc2cccc(OC(F)(F)F)c2)n1. The number of nitrogens with two attached hydrogens (primary N) is 1. The van der Waals surface area contributed by atoms with E-state index in [0.717, 1.165) is 0 Å². The van der Waals surface area contributed by atoms with Gasteiger partial charge in [0.25, 0.3) is 0 Å². The number of halogens is 3. The number of ether oxygens (including phenoxy) is 1. The summed E-state index contributed by atoms with van der Waals surface area (Å²) in [6, 6.07) is 5.45. The lowest BCUT2D eigenvalue weighted by Gasteiger charge is -2.08. The quantitative estimate of drug-likeness (QED) is 0.672. The van der Waals surface area contributed by atoms with Crippen LogP contribution >= 0.6 is 11.3 Å². The highest BCUT2D eigenvalue weighted by atomic mass is 32.1. The van der Waals surface area contributed by atoms with E-state index >= 15 is 0 Å². The van der Waals surface area contributed by atoms with Crippen LogP contribution in [0.2, 0.25) is 0 Å². The topological polar surface area (TPSA) is 72.5 Å². The Kier molecular flexibility index (Phi) is 4.08. The molecule has 1 aromatic heterocycles. The normalized spacial score (nSPS) is 11.8. The number of thiazole rings is 1. The summed E-state index contributed by atoms with van der Waals surface area (Å²) in [6.07, 6.45) is -3.37. The fourth-order valence-electron chi connectivity index (χ4n) is 1.29. The molecule has 2 aromatic rings.